The standard InChI is InChI=1S/C18H22FN/c1-13-6-4-5-7-15(13)9-11-18(20-3)16-8-10-17(19)14(2)12-16/h4-8,10,12,18,20H,9,11H2,1-3H3. The summed E-state index contributed by atoms with van der Waals surface area (Å²) >= 11 is 0. The lowest BCUT2D eigenvalue weighted by Gasteiger charge is -2.18. The Morgan fingerprint density at radius 1 is 1.05 bits per heavy atom. The summed E-state index contributed by atoms with van der Waals surface area (Å²) in [7, 11) is 1.96. The van der Waals surface area contributed by atoms with Crippen LogP contribution >= 0.6 is 0 Å². The first-order valence-corrected chi connectivity index (χ1v) is 7.09. The Hall–Kier alpha value is -1.67. The highest BCUT2D eigenvalue weighted by Crippen LogP contribution is 2.22. The van der Waals surface area contributed by atoms with E-state index in [0.29, 0.717) is 5.56 Å². The van der Waals surface area contributed by atoms with Gasteiger partial charge in [-0.3, -0.25) is 0 Å². The molecule has 0 saturated heterocycles. The van der Waals surface area contributed by atoms with Crippen molar-refractivity contribution in [3.05, 3.63) is 70.5 Å². The van der Waals surface area contributed by atoms with E-state index in [1.165, 1.54) is 11.1 Å². The van der Waals surface area contributed by atoms with E-state index >= 15 is 0 Å². The van der Waals surface area contributed by atoms with Crippen molar-refractivity contribution in [3.8, 4) is 0 Å². The van der Waals surface area contributed by atoms with Crippen molar-refractivity contribution in [1.82, 2.24) is 5.32 Å². The van der Waals surface area contributed by atoms with Crippen LogP contribution < -0.4 is 5.32 Å². The Morgan fingerprint density at radius 3 is 2.45 bits per heavy atom. The first-order chi connectivity index (χ1) is 9.61. The molecule has 0 saturated carbocycles. The summed E-state index contributed by atoms with van der Waals surface area (Å²) in [4.78, 5) is 0. The summed E-state index contributed by atoms with van der Waals surface area (Å²) in [6, 6.07) is 14.1. The van der Waals surface area contributed by atoms with Crippen LogP contribution in [0.15, 0.2) is 42.5 Å². The van der Waals surface area contributed by atoms with E-state index in [2.05, 4.69) is 36.5 Å². The van der Waals surface area contributed by atoms with E-state index in [0.717, 1.165) is 18.4 Å². The lowest BCUT2D eigenvalue weighted by Crippen LogP contribution is -2.17. The maximum absolute atomic E-state index is 13.3. The second-order valence-corrected chi connectivity index (χ2v) is 5.32. The van der Waals surface area contributed by atoms with Crippen LogP contribution in [0.4, 0.5) is 4.39 Å². The van der Waals surface area contributed by atoms with Gasteiger partial charge in [0.15, 0.2) is 0 Å². The third kappa shape index (κ3) is 3.45. The maximum atomic E-state index is 13.3. The van der Waals surface area contributed by atoms with Gasteiger partial charge in [-0.2, -0.15) is 0 Å². The van der Waals surface area contributed by atoms with E-state index in [-0.39, 0.29) is 11.9 Å². The second kappa shape index (κ2) is 6.67. The van der Waals surface area contributed by atoms with Gasteiger partial charge in [0.25, 0.3) is 0 Å². The first-order valence-electron chi connectivity index (χ1n) is 7.09. The highest BCUT2D eigenvalue weighted by molar-refractivity contribution is 5.28. The minimum Gasteiger partial charge on any atom is -0.313 e. The summed E-state index contributed by atoms with van der Waals surface area (Å²) in [6.07, 6.45) is 2.03. The predicted molar refractivity (Wildman–Crippen MR) is 82.4 cm³/mol. The normalized spacial score (nSPS) is 12.4. The van der Waals surface area contributed by atoms with Crippen LogP contribution in [0.5, 0.6) is 0 Å². The first kappa shape index (κ1) is 14.7. The molecule has 106 valence electrons. The molecule has 1 N–H and O–H groups in total. The van der Waals surface area contributed by atoms with E-state index in [4.69, 9.17) is 0 Å². The van der Waals surface area contributed by atoms with Gasteiger partial charge in [-0.05, 0) is 62.1 Å². The average Bonchev–Trinajstić information content (AvgIpc) is 2.45. The van der Waals surface area contributed by atoms with Crippen molar-refractivity contribution < 1.29 is 4.39 Å². The molecule has 2 aromatic carbocycles. The minimum absolute atomic E-state index is 0.137. The van der Waals surface area contributed by atoms with Crippen molar-refractivity contribution in [2.75, 3.05) is 7.05 Å². The molecular formula is C18H22FN. The number of hydrogen-bond acceptors (Lipinski definition) is 1. The molecule has 0 fully saturated rings. The van der Waals surface area contributed by atoms with Crippen molar-refractivity contribution >= 4 is 0 Å². The van der Waals surface area contributed by atoms with Crippen LogP contribution in [0.2, 0.25) is 0 Å². The summed E-state index contributed by atoms with van der Waals surface area (Å²) in [5.41, 5.74) is 4.57. The fraction of sp³-hybridized carbons (Fsp3) is 0.333. The summed E-state index contributed by atoms with van der Waals surface area (Å²) in [5.74, 6) is -0.137. The maximum Gasteiger partial charge on any atom is 0.126 e. The van der Waals surface area contributed by atoms with Crippen LogP contribution in [0.1, 0.15) is 34.7 Å². The van der Waals surface area contributed by atoms with Gasteiger partial charge in [-0.15, -0.1) is 0 Å². The molecule has 0 amide bonds. The summed E-state index contributed by atoms with van der Waals surface area (Å²) in [6.45, 7) is 3.96. The van der Waals surface area contributed by atoms with Crippen LogP contribution in [-0.2, 0) is 6.42 Å². The van der Waals surface area contributed by atoms with E-state index in [1.807, 2.05) is 26.1 Å². The molecule has 1 atom stereocenters. The molecule has 0 radical (unpaired) electrons. The van der Waals surface area contributed by atoms with Crippen molar-refractivity contribution in [2.24, 2.45) is 0 Å². The molecule has 2 aromatic rings. The Bertz CT molecular complexity index is 577. The molecule has 0 spiro atoms. The summed E-state index contributed by atoms with van der Waals surface area (Å²) in [5, 5.41) is 3.33. The Labute approximate surface area is 120 Å². The number of aryl methyl sites for hydroxylation is 3. The zero-order chi connectivity index (χ0) is 14.5. The monoisotopic (exact) mass is 271 g/mol. The topological polar surface area (TPSA) is 12.0 Å². The molecular weight excluding hydrogens is 249 g/mol. The predicted octanol–water partition coefficient (Wildman–Crippen LogP) is 4.34. The van der Waals surface area contributed by atoms with Gasteiger partial charge in [-0.25, -0.2) is 4.39 Å². The van der Waals surface area contributed by atoms with Gasteiger partial charge >= 0.3 is 0 Å². The van der Waals surface area contributed by atoms with Crippen LogP contribution in [0.25, 0.3) is 0 Å². The molecule has 0 aliphatic heterocycles. The smallest absolute Gasteiger partial charge is 0.126 e. The lowest BCUT2D eigenvalue weighted by atomic mass is 9.96. The van der Waals surface area contributed by atoms with Crippen molar-refractivity contribution in [1.29, 1.82) is 0 Å². The molecule has 0 bridgehead atoms. The van der Waals surface area contributed by atoms with E-state index < -0.39 is 0 Å². The van der Waals surface area contributed by atoms with Crippen LogP contribution in [0.3, 0.4) is 0 Å². The fourth-order valence-electron chi connectivity index (χ4n) is 2.55. The molecule has 0 aliphatic carbocycles. The van der Waals surface area contributed by atoms with Gasteiger partial charge in [0.2, 0.25) is 0 Å². The molecule has 2 rings (SSSR count). The fourth-order valence-corrected chi connectivity index (χ4v) is 2.55. The van der Waals surface area contributed by atoms with Gasteiger partial charge in [0.05, 0.1) is 0 Å². The Morgan fingerprint density at radius 2 is 1.80 bits per heavy atom. The largest absolute Gasteiger partial charge is 0.313 e. The third-order valence-corrected chi connectivity index (χ3v) is 3.90. The third-order valence-electron chi connectivity index (χ3n) is 3.90. The molecule has 1 nitrogen and oxygen atoms in total. The number of rotatable bonds is 5. The highest BCUT2D eigenvalue weighted by atomic mass is 19.1. The quantitative estimate of drug-likeness (QED) is 0.853. The number of benzene rings is 2. The van der Waals surface area contributed by atoms with E-state index in [1.54, 1.807) is 6.07 Å². The SMILES string of the molecule is CNC(CCc1ccccc1C)c1ccc(F)c(C)c1. The van der Waals surface area contributed by atoms with Gasteiger partial charge in [-0.1, -0.05) is 36.4 Å². The molecule has 0 heterocycles. The number of hydrogen-bond donors (Lipinski definition) is 1. The Balaban J connectivity index is 2.09. The van der Waals surface area contributed by atoms with Crippen molar-refractivity contribution in [2.45, 2.75) is 32.7 Å². The van der Waals surface area contributed by atoms with E-state index in [9.17, 15) is 4.39 Å². The zero-order valence-corrected chi connectivity index (χ0v) is 12.4. The zero-order valence-electron chi connectivity index (χ0n) is 12.4. The van der Waals surface area contributed by atoms with Gasteiger partial charge in [0.1, 0.15) is 5.82 Å². The molecule has 2 heteroatoms. The molecule has 20 heavy (non-hydrogen) atoms. The average molecular weight is 271 g/mol. The second-order valence-electron chi connectivity index (χ2n) is 5.32. The van der Waals surface area contributed by atoms with Crippen LogP contribution in [0, 0.1) is 19.7 Å². The van der Waals surface area contributed by atoms with Crippen LogP contribution in [-0.4, -0.2) is 7.05 Å². The summed E-state index contributed by atoms with van der Waals surface area (Å²) < 4.78 is 13.3. The highest BCUT2D eigenvalue weighted by Gasteiger charge is 2.11. The molecule has 1 unspecified atom stereocenters. The minimum atomic E-state index is -0.137. The van der Waals surface area contributed by atoms with Gasteiger partial charge in [0, 0.05) is 6.04 Å². The molecule has 0 aliphatic rings. The number of nitrogens with one attached hydrogen (secondary N) is 1. The Kier molecular flexibility index (Phi) is 4.91. The number of halogens is 1. The van der Waals surface area contributed by atoms with Gasteiger partial charge < -0.3 is 5.32 Å². The lowest BCUT2D eigenvalue weighted by molar-refractivity contribution is 0.545. The molecule has 0 aromatic heterocycles. The van der Waals surface area contributed by atoms with Crippen molar-refractivity contribution in [3.63, 3.8) is 0 Å².